The average molecular weight is 300 g/mol. The zero-order valence-corrected chi connectivity index (χ0v) is 13.9. The van der Waals surface area contributed by atoms with Gasteiger partial charge >= 0.3 is 57.6 Å². The molecule has 0 aliphatic rings. The fraction of sp³-hybridized carbons (Fsp3) is 1.00. The van der Waals surface area contributed by atoms with Crippen molar-refractivity contribution in [1.82, 2.24) is 0 Å². The number of rotatable bonds is 8. The molecule has 0 spiro atoms. The first-order valence-electron chi connectivity index (χ1n) is 5.21. The molecule has 0 saturated heterocycles. The first-order valence-corrected chi connectivity index (χ1v) is 6.79. The van der Waals surface area contributed by atoms with E-state index in [4.69, 9.17) is 0 Å². The van der Waals surface area contributed by atoms with Crippen LogP contribution >= 0.6 is 0 Å². The van der Waals surface area contributed by atoms with Crippen molar-refractivity contribution in [2.24, 2.45) is 0 Å². The second-order valence-corrected chi connectivity index (χ2v) is 5.27. The first-order chi connectivity index (χ1) is 7.21. The summed E-state index contributed by atoms with van der Waals surface area (Å²) in [5.74, 6) is -0.379. The van der Waals surface area contributed by atoms with E-state index >= 15 is 0 Å². The van der Waals surface area contributed by atoms with Crippen molar-refractivity contribution in [3.8, 4) is 0 Å². The zero-order valence-electron chi connectivity index (χ0n) is 9.92. The second kappa shape index (κ2) is 10.2. The number of alkyl halides is 3. The van der Waals surface area contributed by atoms with Gasteiger partial charge in [-0.2, -0.15) is 13.2 Å². The Balaban J connectivity index is 0. The average Bonchev–Trinajstić information content (AvgIpc) is 2.06. The predicted octanol–water partition coefficient (Wildman–Crippen LogP) is -0.171. The fourth-order valence-corrected chi connectivity index (χ4v) is 1.87. The van der Waals surface area contributed by atoms with Gasteiger partial charge in [-0.1, -0.05) is 25.7 Å². The maximum absolute atomic E-state index is 11.7. The van der Waals surface area contributed by atoms with Crippen LogP contribution in [-0.4, -0.2) is 24.9 Å². The summed E-state index contributed by atoms with van der Waals surface area (Å²) in [5.41, 5.74) is 0. The standard InChI is InChI=1S/C9H17F3O3S.K/c10-9(11,12)7-5-3-1-2-4-6-8-16(13,14)15;/h1-8H2,(H,13,14,15);/q;+1/p-1. The molecule has 0 bridgehead atoms. The molecule has 0 rings (SSSR count). The maximum atomic E-state index is 11.7. The Morgan fingerprint density at radius 2 is 1.29 bits per heavy atom. The van der Waals surface area contributed by atoms with Gasteiger partial charge in [-0.25, -0.2) is 8.42 Å². The Bertz CT molecular complexity index is 278. The molecule has 3 nitrogen and oxygen atoms in total. The molecule has 0 aliphatic carbocycles. The number of hydrogen-bond acceptors (Lipinski definition) is 3. The zero-order chi connectivity index (χ0) is 12.7. The molecule has 0 aromatic carbocycles. The molecule has 0 saturated carbocycles. The minimum Gasteiger partial charge on any atom is -0.748 e. The molecule has 0 amide bonds. The molecule has 0 aromatic rings. The molecule has 0 fully saturated rings. The van der Waals surface area contributed by atoms with Crippen molar-refractivity contribution in [1.29, 1.82) is 0 Å². The number of halogens is 3. The van der Waals surface area contributed by atoms with Gasteiger partial charge in [-0.3, -0.25) is 0 Å². The largest absolute Gasteiger partial charge is 1.00 e. The summed E-state index contributed by atoms with van der Waals surface area (Å²) < 4.78 is 65.7. The Morgan fingerprint density at radius 3 is 1.71 bits per heavy atom. The molecule has 0 radical (unpaired) electrons. The Hall–Kier alpha value is 1.34. The third kappa shape index (κ3) is 19.8. The van der Waals surface area contributed by atoms with Crippen LogP contribution < -0.4 is 51.4 Å². The SMILES string of the molecule is O=S(=O)([O-])CCCCCCCCC(F)(F)F.[K+]. The van der Waals surface area contributed by atoms with E-state index in [1.165, 1.54) is 0 Å². The van der Waals surface area contributed by atoms with Crippen LogP contribution in [0.2, 0.25) is 0 Å². The quantitative estimate of drug-likeness (QED) is 0.355. The van der Waals surface area contributed by atoms with Gasteiger partial charge in [0, 0.05) is 12.2 Å². The van der Waals surface area contributed by atoms with Crippen molar-refractivity contribution >= 4 is 10.1 Å². The summed E-state index contributed by atoms with van der Waals surface area (Å²) in [7, 11) is -4.14. The maximum Gasteiger partial charge on any atom is 1.00 e. The van der Waals surface area contributed by atoms with E-state index < -0.39 is 22.7 Å². The molecular formula is C9H16F3KO3S. The van der Waals surface area contributed by atoms with Gasteiger partial charge < -0.3 is 4.55 Å². The van der Waals surface area contributed by atoms with E-state index in [-0.39, 0.29) is 63.6 Å². The Kier molecular flexibility index (Phi) is 12.3. The summed E-state index contributed by atoms with van der Waals surface area (Å²) in [4.78, 5) is 0. The van der Waals surface area contributed by atoms with Gasteiger partial charge in [0.1, 0.15) is 0 Å². The Labute approximate surface area is 143 Å². The van der Waals surface area contributed by atoms with Gasteiger partial charge in [-0.05, 0) is 12.8 Å². The Morgan fingerprint density at radius 1 is 0.882 bits per heavy atom. The van der Waals surface area contributed by atoms with Crippen molar-refractivity contribution in [3.63, 3.8) is 0 Å². The van der Waals surface area contributed by atoms with Crippen LogP contribution in [0.5, 0.6) is 0 Å². The summed E-state index contributed by atoms with van der Waals surface area (Å²) in [5, 5.41) is 0. The monoisotopic (exact) mass is 300 g/mol. The number of unbranched alkanes of at least 4 members (excludes halogenated alkanes) is 5. The van der Waals surface area contributed by atoms with Gasteiger partial charge in [0.25, 0.3) is 0 Å². The van der Waals surface area contributed by atoms with Crippen molar-refractivity contribution in [2.45, 2.75) is 51.1 Å². The van der Waals surface area contributed by atoms with Crippen molar-refractivity contribution < 1.29 is 77.5 Å². The summed E-state index contributed by atoms with van der Waals surface area (Å²) in [6.07, 6.45) is -2.05. The van der Waals surface area contributed by atoms with Crippen molar-refractivity contribution in [3.05, 3.63) is 0 Å². The van der Waals surface area contributed by atoms with Crippen LogP contribution in [0.15, 0.2) is 0 Å². The molecular weight excluding hydrogens is 284 g/mol. The molecule has 0 heterocycles. The summed E-state index contributed by atoms with van der Waals surface area (Å²) in [6, 6.07) is 0. The molecule has 0 unspecified atom stereocenters. The van der Waals surface area contributed by atoms with Crippen LogP contribution in [0.4, 0.5) is 13.2 Å². The summed E-state index contributed by atoms with van der Waals surface area (Å²) in [6.45, 7) is 0. The van der Waals surface area contributed by atoms with Gasteiger partial charge in [-0.15, -0.1) is 0 Å². The molecule has 0 N–H and O–H groups in total. The van der Waals surface area contributed by atoms with Crippen LogP contribution in [0, 0.1) is 0 Å². The second-order valence-electron chi connectivity index (χ2n) is 3.75. The van der Waals surface area contributed by atoms with Gasteiger partial charge in [0.15, 0.2) is 0 Å². The normalized spacial score (nSPS) is 12.2. The van der Waals surface area contributed by atoms with Gasteiger partial charge in [0.2, 0.25) is 0 Å². The van der Waals surface area contributed by atoms with Crippen molar-refractivity contribution in [2.75, 3.05) is 5.75 Å². The van der Waals surface area contributed by atoms with E-state index in [9.17, 15) is 26.1 Å². The number of hydrogen-bond donors (Lipinski definition) is 0. The van der Waals surface area contributed by atoms with Gasteiger partial charge in [0.05, 0.1) is 10.1 Å². The van der Waals surface area contributed by atoms with Crippen LogP contribution in [0.1, 0.15) is 44.9 Å². The van der Waals surface area contributed by atoms with Crippen LogP contribution in [0.3, 0.4) is 0 Å². The first kappa shape index (κ1) is 20.6. The predicted molar refractivity (Wildman–Crippen MR) is 52.9 cm³/mol. The minimum absolute atomic E-state index is 0. The topological polar surface area (TPSA) is 57.2 Å². The molecule has 0 aliphatic heterocycles. The third-order valence-corrected chi connectivity index (χ3v) is 2.89. The molecule has 8 heteroatoms. The van der Waals surface area contributed by atoms with E-state index in [1.807, 2.05) is 0 Å². The minimum atomic E-state index is -4.14. The smallest absolute Gasteiger partial charge is 0.748 e. The van der Waals surface area contributed by atoms with Crippen LogP contribution in [0.25, 0.3) is 0 Å². The van der Waals surface area contributed by atoms with Crippen LogP contribution in [-0.2, 0) is 10.1 Å². The molecule has 98 valence electrons. The van der Waals surface area contributed by atoms with E-state index in [0.717, 1.165) is 0 Å². The molecule has 17 heavy (non-hydrogen) atoms. The van der Waals surface area contributed by atoms with E-state index in [1.54, 1.807) is 0 Å². The molecule has 0 atom stereocenters. The molecule has 0 aromatic heterocycles. The fourth-order valence-electron chi connectivity index (χ4n) is 1.31. The third-order valence-electron chi connectivity index (χ3n) is 2.10. The van der Waals surface area contributed by atoms with E-state index in [0.29, 0.717) is 32.1 Å². The summed E-state index contributed by atoms with van der Waals surface area (Å²) >= 11 is 0. The van der Waals surface area contributed by atoms with E-state index in [2.05, 4.69) is 0 Å².